The Balaban J connectivity index is 3.94. The normalized spacial score (nSPS) is 12.0. The van der Waals surface area contributed by atoms with Crippen LogP contribution in [0.4, 0.5) is 0 Å². The Morgan fingerprint density at radius 3 is 1.86 bits per heavy atom. The van der Waals surface area contributed by atoms with Crippen molar-refractivity contribution in [1.29, 1.82) is 0 Å². The predicted octanol–water partition coefficient (Wildman–Crippen LogP) is 2.42. The summed E-state index contributed by atoms with van der Waals surface area (Å²) in [5.74, 6) is 0. The van der Waals surface area contributed by atoms with E-state index in [-0.39, 0.29) is 0 Å². The van der Waals surface area contributed by atoms with Gasteiger partial charge in [0.25, 0.3) is 0 Å². The molecule has 0 aliphatic rings. The van der Waals surface area contributed by atoms with E-state index in [0.29, 0.717) is 6.61 Å². The molecule has 0 aliphatic heterocycles. The minimum absolute atomic E-state index is 0.348. The highest BCUT2D eigenvalue weighted by Gasteiger charge is 2.21. The standard InChI is InChI=1S/C12H28NO/c1-4-7-10-13(5-2,6-3)11-8-9-12-14/h14H,4-12H2,1-3H3/q+1. The Morgan fingerprint density at radius 1 is 0.857 bits per heavy atom. The number of nitrogens with zero attached hydrogens (tertiary/aromatic N) is 1. The molecule has 0 spiro atoms. The van der Waals surface area contributed by atoms with Gasteiger partial charge in [-0.2, -0.15) is 0 Å². The maximum absolute atomic E-state index is 8.78. The average Bonchev–Trinajstić information content (AvgIpc) is 2.24. The van der Waals surface area contributed by atoms with Gasteiger partial charge in [-0.1, -0.05) is 13.3 Å². The smallest absolute Gasteiger partial charge is 0.0787 e. The van der Waals surface area contributed by atoms with Crippen LogP contribution in [0, 0.1) is 0 Å². The number of rotatable bonds is 9. The Kier molecular flexibility index (Phi) is 8.20. The van der Waals surface area contributed by atoms with Crippen molar-refractivity contribution in [3.05, 3.63) is 0 Å². The van der Waals surface area contributed by atoms with Crippen molar-refractivity contribution in [2.24, 2.45) is 0 Å². The van der Waals surface area contributed by atoms with E-state index in [4.69, 9.17) is 5.11 Å². The van der Waals surface area contributed by atoms with Crippen molar-refractivity contribution >= 4 is 0 Å². The van der Waals surface area contributed by atoms with Crippen molar-refractivity contribution in [1.82, 2.24) is 0 Å². The molecule has 0 aromatic carbocycles. The molecule has 0 aliphatic carbocycles. The summed E-state index contributed by atoms with van der Waals surface area (Å²) in [6.07, 6.45) is 4.76. The summed E-state index contributed by atoms with van der Waals surface area (Å²) in [5, 5.41) is 8.78. The van der Waals surface area contributed by atoms with Gasteiger partial charge in [0.05, 0.1) is 26.2 Å². The summed E-state index contributed by atoms with van der Waals surface area (Å²) in [5.41, 5.74) is 0. The van der Waals surface area contributed by atoms with Gasteiger partial charge in [0.2, 0.25) is 0 Å². The van der Waals surface area contributed by atoms with Gasteiger partial charge in [-0.15, -0.1) is 0 Å². The van der Waals surface area contributed by atoms with Gasteiger partial charge in [0.1, 0.15) is 0 Å². The highest BCUT2D eigenvalue weighted by Crippen LogP contribution is 2.11. The molecule has 0 radical (unpaired) electrons. The van der Waals surface area contributed by atoms with Gasteiger partial charge < -0.3 is 9.59 Å². The molecule has 1 N–H and O–H groups in total. The number of hydrogen-bond acceptors (Lipinski definition) is 1. The molecule has 0 unspecified atom stereocenters. The SMILES string of the molecule is CCCC[N+](CC)(CC)CCCCO. The highest BCUT2D eigenvalue weighted by atomic mass is 16.2. The fourth-order valence-electron chi connectivity index (χ4n) is 2.02. The topological polar surface area (TPSA) is 20.2 Å². The third kappa shape index (κ3) is 4.97. The van der Waals surface area contributed by atoms with Crippen molar-refractivity contribution in [2.45, 2.75) is 46.5 Å². The third-order valence-electron chi connectivity index (χ3n) is 3.37. The molecule has 0 fully saturated rings. The molecule has 0 rings (SSSR count). The van der Waals surface area contributed by atoms with Crippen LogP contribution < -0.4 is 0 Å². The van der Waals surface area contributed by atoms with E-state index in [1.165, 1.54) is 49.9 Å². The lowest BCUT2D eigenvalue weighted by molar-refractivity contribution is -0.925. The largest absolute Gasteiger partial charge is 0.396 e. The van der Waals surface area contributed by atoms with Crippen LogP contribution >= 0.6 is 0 Å². The van der Waals surface area contributed by atoms with Crippen molar-refractivity contribution < 1.29 is 9.59 Å². The monoisotopic (exact) mass is 202 g/mol. The molecule has 0 amide bonds. The van der Waals surface area contributed by atoms with E-state index in [2.05, 4.69) is 20.8 Å². The molecule has 0 heterocycles. The van der Waals surface area contributed by atoms with Crippen LogP contribution in [0.1, 0.15) is 46.5 Å². The number of aliphatic hydroxyl groups excluding tert-OH is 1. The molecule has 0 atom stereocenters. The summed E-state index contributed by atoms with van der Waals surface area (Å²) in [6.45, 7) is 12.2. The molecule has 14 heavy (non-hydrogen) atoms. The van der Waals surface area contributed by atoms with Crippen LogP contribution in [-0.2, 0) is 0 Å². The summed E-state index contributed by atoms with van der Waals surface area (Å²) >= 11 is 0. The van der Waals surface area contributed by atoms with Crippen LogP contribution in [0.5, 0.6) is 0 Å². The zero-order valence-corrected chi connectivity index (χ0v) is 10.3. The first kappa shape index (κ1) is 13.9. The van der Waals surface area contributed by atoms with Gasteiger partial charge in [0.15, 0.2) is 0 Å². The van der Waals surface area contributed by atoms with Gasteiger partial charge in [0, 0.05) is 6.61 Å². The third-order valence-corrected chi connectivity index (χ3v) is 3.37. The fourth-order valence-corrected chi connectivity index (χ4v) is 2.02. The molecule has 2 heteroatoms. The molecule has 2 nitrogen and oxygen atoms in total. The molecule has 0 aromatic heterocycles. The van der Waals surface area contributed by atoms with Gasteiger partial charge in [-0.25, -0.2) is 0 Å². The maximum Gasteiger partial charge on any atom is 0.0787 e. The quantitative estimate of drug-likeness (QED) is 0.450. The minimum atomic E-state index is 0.348. The van der Waals surface area contributed by atoms with E-state index in [9.17, 15) is 0 Å². The lowest BCUT2D eigenvalue weighted by Gasteiger charge is -2.37. The second kappa shape index (κ2) is 8.25. The summed E-state index contributed by atoms with van der Waals surface area (Å²) < 4.78 is 1.24. The van der Waals surface area contributed by atoms with Gasteiger partial charge in [-0.05, 0) is 33.1 Å². The number of unbranched alkanes of at least 4 members (excludes halogenated alkanes) is 2. The summed E-state index contributed by atoms with van der Waals surface area (Å²) in [6, 6.07) is 0. The molecule has 0 bridgehead atoms. The van der Waals surface area contributed by atoms with E-state index in [1.807, 2.05) is 0 Å². The molecule has 0 saturated heterocycles. The molecular weight excluding hydrogens is 174 g/mol. The Labute approximate surface area is 89.5 Å². The predicted molar refractivity (Wildman–Crippen MR) is 62.3 cm³/mol. The second-order valence-corrected chi connectivity index (χ2v) is 4.21. The van der Waals surface area contributed by atoms with Crippen LogP contribution in [0.2, 0.25) is 0 Å². The first-order chi connectivity index (χ1) is 6.74. The van der Waals surface area contributed by atoms with Crippen LogP contribution in [0.25, 0.3) is 0 Å². The second-order valence-electron chi connectivity index (χ2n) is 4.21. The lowest BCUT2D eigenvalue weighted by Crippen LogP contribution is -2.49. The van der Waals surface area contributed by atoms with E-state index in [0.717, 1.165) is 6.42 Å². The highest BCUT2D eigenvalue weighted by molar-refractivity contribution is 4.44. The van der Waals surface area contributed by atoms with Crippen molar-refractivity contribution in [3.8, 4) is 0 Å². The van der Waals surface area contributed by atoms with E-state index >= 15 is 0 Å². The van der Waals surface area contributed by atoms with Crippen LogP contribution in [0.15, 0.2) is 0 Å². The van der Waals surface area contributed by atoms with Crippen LogP contribution in [0.3, 0.4) is 0 Å². The van der Waals surface area contributed by atoms with Crippen LogP contribution in [-0.4, -0.2) is 42.4 Å². The summed E-state index contributed by atoms with van der Waals surface area (Å²) in [4.78, 5) is 0. The fraction of sp³-hybridized carbons (Fsp3) is 1.00. The van der Waals surface area contributed by atoms with Crippen molar-refractivity contribution in [3.63, 3.8) is 0 Å². The van der Waals surface area contributed by atoms with Gasteiger partial charge >= 0.3 is 0 Å². The number of hydrogen-bond donors (Lipinski definition) is 1. The molecule has 86 valence electrons. The lowest BCUT2D eigenvalue weighted by atomic mass is 10.2. The minimum Gasteiger partial charge on any atom is -0.396 e. The first-order valence-electron chi connectivity index (χ1n) is 6.20. The van der Waals surface area contributed by atoms with E-state index in [1.54, 1.807) is 0 Å². The summed E-state index contributed by atoms with van der Waals surface area (Å²) in [7, 11) is 0. The number of quaternary nitrogens is 1. The van der Waals surface area contributed by atoms with Crippen molar-refractivity contribution in [2.75, 3.05) is 32.8 Å². The molecule has 0 aromatic rings. The zero-order chi connectivity index (χ0) is 10.9. The van der Waals surface area contributed by atoms with Gasteiger partial charge in [-0.3, -0.25) is 0 Å². The van der Waals surface area contributed by atoms with E-state index < -0.39 is 0 Å². The molecule has 0 saturated carbocycles. The Hall–Kier alpha value is -0.0800. The number of aliphatic hydroxyl groups is 1. The Morgan fingerprint density at radius 2 is 1.43 bits per heavy atom. The molecular formula is C12H28NO+. The Bertz CT molecular complexity index is 121. The zero-order valence-electron chi connectivity index (χ0n) is 10.3. The first-order valence-corrected chi connectivity index (χ1v) is 6.20. The maximum atomic E-state index is 8.78. The average molecular weight is 202 g/mol.